The van der Waals surface area contributed by atoms with E-state index in [1.54, 1.807) is 26.8 Å². The van der Waals surface area contributed by atoms with Gasteiger partial charge in [0.2, 0.25) is 10.0 Å². The summed E-state index contributed by atoms with van der Waals surface area (Å²) in [7, 11) is -3.50. The van der Waals surface area contributed by atoms with Crippen molar-refractivity contribution in [2.24, 2.45) is 0 Å². The van der Waals surface area contributed by atoms with Crippen LogP contribution in [0.15, 0.2) is 48.5 Å². The van der Waals surface area contributed by atoms with Gasteiger partial charge in [0, 0.05) is 17.0 Å². The maximum absolute atomic E-state index is 12.6. The molecule has 1 N–H and O–H groups in total. The third-order valence-electron chi connectivity index (χ3n) is 4.56. The van der Waals surface area contributed by atoms with Crippen molar-refractivity contribution < 1.29 is 8.42 Å². The number of nitrogens with zero attached hydrogens (tertiary/aromatic N) is 1. The van der Waals surface area contributed by atoms with Gasteiger partial charge < -0.3 is 0 Å². The van der Waals surface area contributed by atoms with Crippen LogP contribution in [0, 0.1) is 11.3 Å². The van der Waals surface area contributed by atoms with Gasteiger partial charge in [-0.25, -0.2) is 13.1 Å². The number of rotatable bonds is 6. The van der Waals surface area contributed by atoms with E-state index in [1.165, 1.54) is 0 Å². The Bertz CT molecular complexity index is 926. The Morgan fingerprint density at radius 1 is 1.15 bits per heavy atom. The van der Waals surface area contributed by atoms with E-state index in [2.05, 4.69) is 10.8 Å². The van der Waals surface area contributed by atoms with Crippen LogP contribution in [0.25, 0.3) is 0 Å². The summed E-state index contributed by atoms with van der Waals surface area (Å²) in [5.74, 6) is -0.128. The standard InChI is InChI=1S/C21H25ClN2O2S/c1-15(24-27(25,26)21(2,3)4)20(13-16-8-10-19(22)11-9-16)18-7-5-6-17(12-18)14-23/h5-12,15,20,24H,13H2,1-4H3/t15-,20+/m0/s1. The van der Waals surface area contributed by atoms with Gasteiger partial charge in [0.05, 0.1) is 16.4 Å². The summed E-state index contributed by atoms with van der Waals surface area (Å²) in [6, 6.07) is 16.7. The van der Waals surface area contributed by atoms with E-state index >= 15 is 0 Å². The summed E-state index contributed by atoms with van der Waals surface area (Å²) >= 11 is 5.98. The molecule has 0 saturated heterocycles. The second-order valence-electron chi connectivity index (χ2n) is 7.70. The average Bonchev–Trinajstić information content (AvgIpc) is 2.59. The highest BCUT2D eigenvalue weighted by Gasteiger charge is 2.32. The Balaban J connectivity index is 2.39. The minimum atomic E-state index is -3.50. The molecule has 0 saturated carbocycles. The highest BCUT2D eigenvalue weighted by atomic mass is 35.5. The zero-order chi connectivity index (χ0) is 20.2. The molecule has 0 radical (unpaired) electrons. The van der Waals surface area contributed by atoms with Gasteiger partial charge in [-0.15, -0.1) is 0 Å². The van der Waals surface area contributed by atoms with Gasteiger partial charge in [0.15, 0.2) is 0 Å². The molecule has 0 aliphatic carbocycles. The summed E-state index contributed by atoms with van der Waals surface area (Å²) in [5, 5.41) is 9.88. The maximum atomic E-state index is 12.6. The molecule has 27 heavy (non-hydrogen) atoms. The van der Waals surface area contributed by atoms with Crippen molar-refractivity contribution in [3.63, 3.8) is 0 Å². The van der Waals surface area contributed by atoms with Crippen LogP contribution in [0.4, 0.5) is 0 Å². The van der Waals surface area contributed by atoms with Crippen molar-refractivity contribution in [1.82, 2.24) is 4.72 Å². The van der Waals surface area contributed by atoms with Gasteiger partial charge in [-0.05, 0) is 69.5 Å². The minimum absolute atomic E-state index is 0.128. The van der Waals surface area contributed by atoms with E-state index in [4.69, 9.17) is 11.6 Å². The lowest BCUT2D eigenvalue weighted by atomic mass is 9.86. The van der Waals surface area contributed by atoms with E-state index in [0.717, 1.165) is 11.1 Å². The molecular formula is C21H25ClN2O2S. The van der Waals surface area contributed by atoms with Crippen LogP contribution in [0.1, 0.15) is 50.3 Å². The molecule has 2 aromatic carbocycles. The summed E-state index contributed by atoms with van der Waals surface area (Å²) in [6.45, 7) is 6.88. The van der Waals surface area contributed by atoms with E-state index in [-0.39, 0.29) is 12.0 Å². The third-order valence-corrected chi connectivity index (χ3v) is 7.11. The largest absolute Gasteiger partial charge is 0.216 e. The van der Waals surface area contributed by atoms with Crippen LogP contribution in [0.3, 0.4) is 0 Å². The molecule has 0 fully saturated rings. The topological polar surface area (TPSA) is 70.0 Å². The molecule has 0 aliphatic rings. The summed E-state index contributed by atoms with van der Waals surface area (Å²) in [5.41, 5.74) is 2.53. The number of sulfonamides is 1. The summed E-state index contributed by atoms with van der Waals surface area (Å²) in [6.07, 6.45) is 0.625. The summed E-state index contributed by atoms with van der Waals surface area (Å²) in [4.78, 5) is 0. The van der Waals surface area contributed by atoms with Crippen molar-refractivity contribution in [3.8, 4) is 6.07 Å². The molecular weight excluding hydrogens is 380 g/mol. The Labute approximate surface area is 167 Å². The number of nitriles is 1. The Hall–Kier alpha value is -1.87. The van der Waals surface area contributed by atoms with Gasteiger partial charge in [0.25, 0.3) is 0 Å². The molecule has 6 heteroatoms. The first-order valence-corrected chi connectivity index (χ1v) is 10.7. The molecule has 0 bridgehead atoms. The van der Waals surface area contributed by atoms with E-state index in [0.29, 0.717) is 17.0 Å². The number of nitrogens with one attached hydrogen (secondary N) is 1. The van der Waals surface area contributed by atoms with Crippen LogP contribution in [0.2, 0.25) is 5.02 Å². The first-order chi connectivity index (χ1) is 12.5. The van der Waals surface area contributed by atoms with Gasteiger partial charge in [0.1, 0.15) is 0 Å². The molecule has 0 aliphatic heterocycles. The maximum Gasteiger partial charge on any atom is 0.216 e. The molecule has 2 rings (SSSR count). The zero-order valence-electron chi connectivity index (χ0n) is 16.0. The van der Waals surface area contributed by atoms with Crippen LogP contribution < -0.4 is 4.72 Å². The SMILES string of the molecule is C[C@H](NS(=O)(=O)C(C)(C)C)[C@@H](Cc1ccc(Cl)cc1)c1cccc(C#N)c1. The van der Waals surface area contributed by atoms with Gasteiger partial charge in [-0.3, -0.25) is 0 Å². The Morgan fingerprint density at radius 3 is 2.33 bits per heavy atom. The molecule has 2 atom stereocenters. The number of benzene rings is 2. The fraction of sp³-hybridized carbons (Fsp3) is 0.381. The third kappa shape index (κ3) is 5.55. The van der Waals surface area contributed by atoms with Crippen molar-refractivity contribution in [3.05, 3.63) is 70.2 Å². The molecule has 0 heterocycles. The summed E-state index contributed by atoms with van der Waals surface area (Å²) < 4.78 is 27.2. The minimum Gasteiger partial charge on any atom is -0.212 e. The number of halogens is 1. The zero-order valence-corrected chi connectivity index (χ0v) is 17.6. The van der Waals surface area contributed by atoms with Crippen molar-refractivity contribution >= 4 is 21.6 Å². The first kappa shape index (κ1) is 21.4. The normalized spacial score (nSPS) is 14.4. The van der Waals surface area contributed by atoms with E-state index in [1.807, 2.05) is 49.4 Å². The van der Waals surface area contributed by atoms with E-state index < -0.39 is 14.8 Å². The van der Waals surface area contributed by atoms with Crippen LogP contribution in [0.5, 0.6) is 0 Å². The van der Waals surface area contributed by atoms with Crippen LogP contribution >= 0.6 is 11.6 Å². The second kappa shape index (κ2) is 8.43. The molecule has 0 unspecified atom stereocenters. The van der Waals surface area contributed by atoms with Gasteiger partial charge in [-0.1, -0.05) is 35.9 Å². The van der Waals surface area contributed by atoms with Crippen LogP contribution in [-0.4, -0.2) is 19.2 Å². The predicted molar refractivity (Wildman–Crippen MR) is 110 cm³/mol. The van der Waals surface area contributed by atoms with Crippen molar-refractivity contribution in [2.75, 3.05) is 0 Å². The first-order valence-electron chi connectivity index (χ1n) is 8.80. The lowest BCUT2D eigenvalue weighted by Gasteiger charge is -2.29. The van der Waals surface area contributed by atoms with Gasteiger partial charge >= 0.3 is 0 Å². The van der Waals surface area contributed by atoms with Crippen LogP contribution in [-0.2, 0) is 16.4 Å². The van der Waals surface area contributed by atoms with Crippen molar-refractivity contribution in [1.29, 1.82) is 5.26 Å². The lowest BCUT2D eigenvalue weighted by molar-refractivity contribution is 0.487. The average molecular weight is 405 g/mol. The lowest BCUT2D eigenvalue weighted by Crippen LogP contribution is -2.46. The Morgan fingerprint density at radius 2 is 1.78 bits per heavy atom. The number of hydrogen-bond donors (Lipinski definition) is 1. The van der Waals surface area contributed by atoms with Crippen molar-refractivity contribution in [2.45, 2.75) is 50.8 Å². The molecule has 4 nitrogen and oxygen atoms in total. The molecule has 0 spiro atoms. The highest BCUT2D eigenvalue weighted by Crippen LogP contribution is 2.28. The molecule has 144 valence electrons. The van der Waals surface area contributed by atoms with E-state index in [9.17, 15) is 13.7 Å². The Kier molecular flexibility index (Phi) is 6.69. The molecule has 0 aromatic heterocycles. The fourth-order valence-electron chi connectivity index (χ4n) is 2.80. The quantitative estimate of drug-likeness (QED) is 0.762. The second-order valence-corrected chi connectivity index (χ2v) is 10.6. The smallest absolute Gasteiger partial charge is 0.212 e. The molecule has 0 amide bonds. The monoisotopic (exact) mass is 404 g/mol. The van der Waals surface area contributed by atoms with Gasteiger partial charge in [-0.2, -0.15) is 5.26 Å². The number of hydrogen-bond acceptors (Lipinski definition) is 3. The predicted octanol–water partition coefficient (Wildman–Crippen LogP) is 4.64. The fourth-order valence-corrected chi connectivity index (χ4v) is 3.93. The highest BCUT2D eigenvalue weighted by molar-refractivity contribution is 7.90. The molecule has 2 aromatic rings.